The fourth-order valence-corrected chi connectivity index (χ4v) is 8.65. The number of rotatable bonds is 14. The van der Waals surface area contributed by atoms with Gasteiger partial charge in [0.2, 0.25) is 17.1 Å². The third kappa shape index (κ3) is 8.89. The summed E-state index contributed by atoms with van der Waals surface area (Å²) in [5, 5.41) is 8.96. The molecular weight excluding hydrogens is 856 g/mol. The van der Waals surface area contributed by atoms with Gasteiger partial charge in [-0.2, -0.15) is 20.2 Å². The lowest BCUT2D eigenvalue weighted by atomic mass is 10.1. The fourth-order valence-electron chi connectivity index (χ4n) is 8.03. The van der Waals surface area contributed by atoms with Gasteiger partial charge in [-0.15, -0.1) is 0 Å². The molecule has 1 saturated heterocycles. The number of hydrogen-bond acceptors (Lipinski definition) is 8. The van der Waals surface area contributed by atoms with Crippen LogP contribution in [0.4, 0.5) is 0 Å². The van der Waals surface area contributed by atoms with Crippen LogP contribution in [0, 0.1) is 13.8 Å². The van der Waals surface area contributed by atoms with Crippen molar-refractivity contribution in [3.63, 3.8) is 0 Å². The molecule has 3 amide bonds. The quantitative estimate of drug-likeness (QED) is 0.120. The van der Waals surface area contributed by atoms with E-state index < -0.39 is 17.7 Å². The molecule has 0 unspecified atom stereocenters. The van der Waals surface area contributed by atoms with Crippen molar-refractivity contribution in [2.24, 2.45) is 29.8 Å². The van der Waals surface area contributed by atoms with Crippen molar-refractivity contribution in [2.45, 2.75) is 74.1 Å². The maximum Gasteiger partial charge on any atom is 0.298 e. The first kappa shape index (κ1) is 44.2. The van der Waals surface area contributed by atoms with E-state index in [1.807, 2.05) is 87.5 Å². The van der Waals surface area contributed by atoms with Crippen molar-refractivity contribution in [3.8, 4) is 5.75 Å². The van der Waals surface area contributed by atoms with Crippen LogP contribution in [-0.4, -0.2) is 99.9 Å². The van der Waals surface area contributed by atoms with Gasteiger partial charge in [0, 0.05) is 69.9 Å². The molecule has 2 aromatic carbocycles. The summed E-state index contributed by atoms with van der Waals surface area (Å²) >= 11 is 3.73. The van der Waals surface area contributed by atoms with Gasteiger partial charge in [0.05, 0.1) is 47.8 Å². The number of nitrogens with two attached hydrogens (primary N) is 1. The molecular formula is C44H55BrN12O5. The van der Waals surface area contributed by atoms with Gasteiger partial charge >= 0.3 is 0 Å². The predicted molar refractivity (Wildman–Crippen MR) is 239 cm³/mol. The first-order valence-electron chi connectivity index (χ1n) is 20.9. The minimum atomic E-state index is -0.602. The molecule has 0 saturated carbocycles. The zero-order valence-corrected chi connectivity index (χ0v) is 38.3. The molecule has 0 bridgehead atoms. The Morgan fingerprint density at radius 3 is 1.97 bits per heavy atom. The number of carbonyl (C=O) groups is 3. The van der Waals surface area contributed by atoms with Crippen LogP contribution in [0.2, 0.25) is 0 Å². The Hall–Kier alpha value is -5.85. The first-order valence-corrected chi connectivity index (χ1v) is 21.7. The van der Waals surface area contributed by atoms with Crippen LogP contribution in [0.5, 0.6) is 5.75 Å². The first-order chi connectivity index (χ1) is 29.7. The third-order valence-corrected chi connectivity index (χ3v) is 12.0. The number of amides is 3. The molecule has 1 fully saturated rings. The number of benzene rings is 2. The summed E-state index contributed by atoms with van der Waals surface area (Å²) in [7, 11) is 3.71. The normalized spacial score (nSPS) is 14.7. The number of fused-ring (bicyclic) bond motifs is 2. The Labute approximate surface area is 367 Å². The van der Waals surface area contributed by atoms with Crippen LogP contribution in [-0.2, 0) is 45.0 Å². The standard InChI is InChI=1S/C44H55BrN12O5/c1-9-56-35(21-29(5)49-56)41(59)47-43-51(7)34-23-31(40(46)58)24-37(62-18-12-15-53-16-19-61-20-17-53)39(34)55(43)26-28(4)27(3)25-54-33-14-11-13-32(45)38(33)52(8)44(54)48-42(60)36-22-30(6)50-57(36)10-2/h11,13-14,21-24H,9-10,12,15-20,25-26H2,1-8H3,(H2,46,58)/b28-27+,47-43?,48-44?. The second-order valence-electron chi connectivity index (χ2n) is 15.7. The van der Waals surface area contributed by atoms with Crippen molar-refractivity contribution < 1.29 is 23.9 Å². The van der Waals surface area contributed by atoms with E-state index in [-0.39, 0.29) is 5.56 Å². The van der Waals surface area contributed by atoms with Crippen LogP contribution in [0.1, 0.15) is 76.8 Å². The number of halogens is 1. The molecule has 0 atom stereocenters. The number of aromatic nitrogens is 8. The smallest absolute Gasteiger partial charge is 0.298 e. The second kappa shape index (κ2) is 18.6. The molecule has 5 heterocycles. The van der Waals surface area contributed by atoms with Crippen molar-refractivity contribution in [2.75, 3.05) is 39.5 Å². The lowest BCUT2D eigenvalue weighted by Crippen LogP contribution is -2.37. The lowest BCUT2D eigenvalue weighted by molar-refractivity contribution is 0.0358. The monoisotopic (exact) mass is 910 g/mol. The maximum absolute atomic E-state index is 14.1. The largest absolute Gasteiger partial charge is 0.491 e. The molecule has 0 radical (unpaired) electrons. The average Bonchev–Trinajstić information content (AvgIpc) is 3.98. The van der Waals surface area contributed by atoms with E-state index in [1.165, 1.54) is 0 Å². The molecule has 18 heteroatoms. The Morgan fingerprint density at radius 2 is 1.39 bits per heavy atom. The number of primary amides is 1. The molecule has 62 heavy (non-hydrogen) atoms. The molecule has 1 aliphatic heterocycles. The van der Waals surface area contributed by atoms with E-state index in [0.717, 1.165) is 58.4 Å². The van der Waals surface area contributed by atoms with Crippen LogP contribution < -0.4 is 21.7 Å². The minimum Gasteiger partial charge on any atom is -0.491 e. The van der Waals surface area contributed by atoms with Crippen molar-refractivity contribution in [1.82, 2.24) is 42.7 Å². The molecule has 17 nitrogen and oxygen atoms in total. The Morgan fingerprint density at radius 1 is 0.806 bits per heavy atom. The average molecular weight is 912 g/mol. The molecule has 0 spiro atoms. The predicted octanol–water partition coefficient (Wildman–Crippen LogP) is 4.80. The molecule has 0 aliphatic carbocycles. The van der Waals surface area contributed by atoms with E-state index in [0.29, 0.717) is 91.1 Å². The highest BCUT2D eigenvalue weighted by Crippen LogP contribution is 2.29. The number of ether oxygens (including phenoxy) is 2. The van der Waals surface area contributed by atoms with Crippen molar-refractivity contribution in [3.05, 3.63) is 97.7 Å². The summed E-state index contributed by atoms with van der Waals surface area (Å²) in [6, 6.07) is 12.8. The Balaban J connectivity index is 1.35. The van der Waals surface area contributed by atoms with Gasteiger partial charge in [-0.3, -0.25) is 28.6 Å². The van der Waals surface area contributed by atoms with E-state index in [1.54, 1.807) is 38.2 Å². The number of hydrogen-bond donors (Lipinski definition) is 1. The molecule has 4 aromatic heterocycles. The molecule has 328 valence electrons. The highest BCUT2D eigenvalue weighted by Gasteiger charge is 2.23. The van der Waals surface area contributed by atoms with Crippen LogP contribution in [0.25, 0.3) is 22.1 Å². The van der Waals surface area contributed by atoms with E-state index >= 15 is 0 Å². The molecule has 2 N–H and O–H groups in total. The zero-order chi connectivity index (χ0) is 44.4. The number of morpholine rings is 1. The summed E-state index contributed by atoms with van der Waals surface area (Å²) in [5.41, 5.74) is 14.2. The van der Waals surface area contributed by atoms with Gasteiger partial charge in [-0.25, -0.2) is 0 Å². The number of allylic oxidation sites excluding steroid dienone is 2. The summed E-state index contributed by atoms with van der Waals surface area (Å²) in [6.45, 7) is 17.7. The van der Waals surface area contributed by atoms with E-state index in [9.17, 15) is 14.4 Å². The highest BCUT2D eigenvalue weighted by molar-refractivity contribution is 9.10. The van der Waals surface area contributed by atoms with Gasteiger partial charge in [0.1, 0.15) is 22.7 Å². The Kier molecular flexibility index (Phi) is 13.3. The van der Waals surface area contributed by atoms with Gasteiger partial charge in [-0.1, -0.05) is 17.2 Å². The minimum absolute atomic E-state index is 0.274. The summed E-state index contributed by atoms with van der Waals surface area (Å²) in [6.07, 6.45) is 0.748. The second-order valence-corrected chi connectivity index (χ2v) is 16.6. The topological polar surface area (TPSA) is 179 Å². The number of aryl methyl sites for hydroxylation is 6. The third-order valence-electron chi connectivity index (χ3n) is 11.4. The zero-order valence-electron chi connectivity index (χ0n) is 36.7. The Bertz CT molecular complexity index is 2880. The van der Waals surface area contributed by atoms with Crippen LogP contribution >= 0.6 is 15.9 Å². The number of carbonyl (C=O) groups excluding carboxylic acids is 3. The summed E-state index contributed by atoms with van der Waals surface area (Å²) < 4.78 is 23.9. The van der Waals surface area contributed by atoms with Crippen molar-refractivity contribution in [1.29, 1.82) is 0 Å². The van der Waals surface area contributed by atoms with Crippen LogP contribution in [0.15, 0.2) is 68.1 Å². The van der Waals surface area contributed by atoms with E-state index in [2.05, 4.69) is 31.0 Å². The lowest BCUT2D eigenvalue weighted by Gasteiger charge is -2.26. The summed E-state index contributed by atoms with van der Waals surface area (Å²) in [5.74, 6) is -0.997. The number of nitrogens with zero attached hydrogens (tertiary/aromatic N) is 11. The van der Waals surface area contributed by atoms with Gasteiger partial charge < -0.3 is 33.5 Å². The summed E-state index contributed by atoms with van der Waals surface area (Å²) in [4.78, 5) is 52.4. The molecule has 6 aromatic rings. The number of imidazole rings is 2. The fraction of sp³-hybridized carbons (Fsp3) is 0.432. The van der Waals surface area contributed by atoms with Gasteiger partial charge in [0.25, 0.3) is 11.8 Å². The molecule has 7 rings (SSSR count). The SMILES string of the molecule is CCn1nc(C)cc1C(=O)N=c1n(C)c2c(Br)cccc2n1C/C(C)=C(\C)Cn1c(=NC(=O)c2cc(C)nn2CC)n(C)c2cc(C(N)=O)cc(OCCCN3CCOCC3)c21. The van der Waals surface area contributed by atoms with Crippen LogP contribution in [0.3, 0.4) is 0 Å². The number of para-hydroxylation sites is 1. The highest BCUT2D eigenvalue weighted by atomic mass is 79.9. The maximum atomic E-state index is 14.1. The van der Waals surface area contributed by atoms with Gasteiger partial charge in [0.15, 0.2) is 0 Å². The molecule has 1 aliphatic rings. The van der Waals surface area contributed by atoms with Gasteiger partial charge in [-0.05, 0) is 100 Å². The van der Waals surface area contributed by atoms with E-state index in [4.69, 9.17) is 25.2 Å². The van der Waals surface area contributed by atoms with Crippen molar-refractivity contribution >= 4 is 55.7 Å².